The van der Waals surface area contributed by atoms with E-state index in [9.17, 15) is 36.5 Å². The number of nitrogens with zero attached hydrogens (tertiary/aromatic N) is 2. The smallest absolute Gasteiger partial charge is 0.258 e. The molecule has 10 heteroatoms. The van der Waals surface area contributed by atoms with Crippen LogP contribution in [0.1, 0.15) is 17.6 Å². The lowest BCUT2D eigenvalue weighted by Gasteiger charge is -2.12. The van der Waals surface area contributed by atoms with Crippen LogP contribution >= 0.6 is 0 Å². The SMILES string of the molecule is O=[N+]([O-])c1cnc(F)c(C(F)F)c1C(F)(F)F. The molecule has 0 saturated heterocycles. The van der Waals surface area contributed by atoms with E-state index in [2.05, 4.69) is 4.98 Å². The summed E-state index contributed by atoms with van der Waals surface area (Å²) in [5.41, 5.74) is -6.15. The summed E-state index contributed by atoms with van der Waals surface area (Å²) in [6, 6.07) is 0. The Hall–Kier alpha value is -1.87. The highest BCUT2D eigenvalue weighted by Crippen LogP contribution is 2.42. The molecule has 0 unspecified atom stereocenters. The molecule has 1 rings (SSSR count). The van der Waals surface area contributed by atoms with Crippen molar-refractivity contribution in [3.05, 3.63) is 33.4 Å². The first kappa shape index (κ1) is 13.2. The van der Waals surface area contributed by atoms with Crippen LogP contribution in [0.25, 0.3) is 0 Å². The second kappa shape index (κ2) is 4.18. The van der Waals surface area contributed by atoms with Crippen LogP contribution in [-0.4, -0.2) is 9.91 Å². The second-order valence-corrected chi connectivity index (χ2v) is 2.78. The van der Waals surface area contributed by atoms with Crippen LogP contribution in [0.5, 0.6) is 0 Å². The van der Waals surface area contributed by atoms with Gasteiger partial charge in [-0.1, -0.05) is 0 Å². The number of alkyl halides is 5. The molecule has 0 aliphatic carbocycles. The predicted molar refractivity (Wildman–Crippen MR) is 40.8 cm³/mol. The molecular weight excluding hydrogens is 258 g/mol. The first-order chi connectivity index (χ1) is 7.66. The van der Waals surface area contributed by atoms with Crippen LogP contribution in [0.3, 0.4) is 0 Å². The van der Waals surface area contributed by atoms with Crippen LogP contribution in [0.15, 0.2) is 6.20 Å². The lowest BCUT2D eigenvalue weighted by Crippen LogP contribution is -2.15. The molecule has 1 heterocycles. The van der Waals surface area contributed by atoms with Gasteiger partial charge in [0, 0.05) is 0 Å². The molecule has 0 aliphatic rings. The third-order valence-corrected chi connectivity index (χ3v) is 1.75. The number of nitro groups is 1. The van der Waals surface area contributed by atoms with Crippen LogP contribution in [0.4, 0.5) is 32.0 Å². The van der Waals surface area contributed by atoms with Crippen LogP contribution in [0, 0.1) is 16.1 Å². The van der Waals surface area contributed by atoms with E-state index in [0.717, 1.165) is 0 Å². The summed E-state index contributed by atoms with van der Waals surface area (Å²) >= 11 is 0. The molecule has 0 spiro atoms. The zero-order valence-corrected chi connectivity index (χ0v) is 7.63. The van der Waals surface area contributed by atoms with Gasteiger partial charge >= 0.3 is 11.9 Å². The fourth-order valence-electron chi connectivity index (χ4n) is 1.13. The second-order valence-electron chi connectivity index (χ2n) is 2.78. The molecule has 1 aromatic heterocycles. The Morgan fingerprint density at radius 1 is 1.35 bits per heavy atom. The third kappa shape index (κ3) is 2.45. The molecule has 0 radical (unpaired) electrons. The van der Waals surface area contributed by atoms with Crippen molar-refractivity contribution in [2.45, 2.75) is 12.6 Å². The van der Waals surface area contributed by atoms with Crippen molar-refractivity contribution in [2.24, 2.45) is 0 Å². The Labute approximate surface area is 89.0 Å². The van der Waals surface area contributed by atoms with E-state index in [1.165, 1.54) is 0 Å². The normalized spacial score (nSPS) is 11.9. The number of hydrogen-bond acceptors (Lipinski definition) is 3. The summed E-state index contributed by atoms with van der Waals surface area (Å²) in [5.74, 6) is -2.09. The number of rotatable bonds is 2. The number of pyridine rings is 1. The zero-order chi connectivity index (χ0) is 13.4. The van der Waals surface area contributed by atoms with Crippen LogP contribution < -0.4 is 0 Å². The Balaban J connectivity index is 3.68. The standard InChI is InChI=1S/C7H2F6N2O2/c8-5(9)3-4(7(11,12)13)2(15(16)17)1-14-6(3)10/h1,5H. The summed E-state index contributed by atoms with van der Waals surface area (Å²) in [4.78, 5) is 11.2. The summed E-state index contributed by atoms with van der Waals surface area (Å²) in [6.45, 7) is 0. The minimum atomic E-state index is -5.47. The van der Waals surface area contributed by atoms with E-state index in [4.69, 9.17) is 0 Å². The lowest BCUT2D eigenvalue weighted by molar-refractivity contribution is -0.388. The lowest BCUT2D eigenvalue weighted by atomic mass is 10.1. The van der Waals surface area contributed by atoms with Gasteiger partial charge in [-0.15, -0.1) is 0 Å². The van der Waals surface area contributed by atoms with Gasteiger partial charge < -0.3 is 0 Å². The predicted octanol–water partition coefficient (Wildman–Crippen LogP) is 3.09. The van der Waals surface area contributed by atoms with Crippen molar-refractivity contribution < 1.29 is 31.3 Å². The van der Waals surface area contributed by atoms with Gasteiger partial charge in [0.25, 0.3) is 6.43 Å². The third-order valence-electron chi connectivity index (χ3n) is 1.75. The number of hydrogen-bond donors (Lipinski definition) is 0. The molecule has 4 nitrogen and oxygen atoms in total. The highest BCUT2D eigenvalue weighted by molar-refractivity contribution is 5.45. The zero-order valence-electron chi connectivity index (χ0n) is 7.63. The highest BCUT2D eigenvalue weighted by atomic mass is 19.4. The first-order valence-corrected chi connectivity index (χ1v) is 3.84. The number of halogens is 6. The first-order valence-electron chi connectivity index (χ1n) is 3.84. The maximum absolute atomic E-state index is 12.8. The quantitative estimate of drug-likeness (QED) is 0.355. The van der Waals surface area contributed by atoms with Gasteiger partial charge in [0.2, 0.25) is 5.95 Å². The summed E-state index contributed by atoms with van der Waals surface area (Å²) in [7, 11) is 0. The van der Waals surface area contributed by atoms with E-state index in [1.54, 1.807) is 0 Å². The minimum absolute atomic E-state index is 0.0516. The average molecular weight is 260 g/mol. The van der Waals surface area contributed by atoms with Crippen molar-refractivity contribution in [3.63, 3.8) is 0 Å². The summed E-state index contributed by atoms with van der Waals surface area (Å²) in [6.07, 6.45) is -9.39. The van der Waals surface area contributed by atoms with E-state index in [0.29, 0.717) is 0 Å². The molecule has 0 aromatic carbocycles. The van der Waals surface area contributed by atoms with Gasteiger partial charge in [0.1, 0.15) is 11.8 Å². The molecule has 1 aromatic rings. The Morgan fingerprint density at radius 2 is 1.88 bits per heavy atom. The molecule has 0 fully saturated rings. The monoisotopic (exact) mass is 260 g/mol. The van der Waals surface area contributed by atoms with E-state index in [-0.39, 0.29) is 6.20 Å². The molecule has 0 atom stereocenters. The maximum atomic E-state index is 12.8. The van der Waals surface area contributed by atoms with Gasteiger partial charge in [-0.05, 0) is 0 Å². The molecule has 94 valence electrons. The Kier molecular flexibility index (Phi) is 3.25. The fraction of sp³-hybridized carbons (Fsp3) is 0.286. The molecule has 0 bridgehead atoms. The van der Waals surface area contributed by atoms with E-state index < -0.39 is 40.3 Å². The molecular formula is C7H2F6N2O2. The van der Waals surface area contributed by atoms with Gasteiger partial charge in [-0.25, -0.2) is 13.8 Å². The average Bonchev–Trinajstić information content (AvgIpc) is 2.14. The van der Waals surface area contributed by atoms with Gasteiger partial charge in [0.15, 0.2) is 0 Å². The largest absolute Gasteiger partial charge is 0.423 e. The van der Waals surface area contributed by atoms with Crippen molar-refractivity contribution in [1.82, 2.24) is 4.98 Å². The summed E-state index contributed by atoms with van der Waals surface area (Å²) in [5, 5.41) is 10.3. The van der Waals surface area contributed by atoms with E-state index in [1.807, 2.05) is 0 Å². The molecule has 0 aliphatic heterocycles. The molecule has 0 saturated carbocycles. The van der Waals surface area contributed by atoms with Crippen LogP contribution in [0.2, 0.25) is 0 Å². The van der Waals surface area contributed by atoms with E-state index >= 15 is 0 Å². The van der Waals surface area contributed by atoms with Crippen molar-refractivity contribution >= 4 is 5.69 Å². The Morgan fingerprint density at radius 3 is 2.24 bits per heavy atom. The molecule has 17 heavy (non-hydrogen) atoms. The van der Waals surface area contributed by atoms with Crippen molar-refractivity contribution in [2.75, 3.05) is 0 Å². The van der Waals surface area contributed by atoms with Crippen molar-refractivity contribution in [3.8, 4) is 0 Å². The topological polar surface area (TPSA) is 56.0 Å². The van der Waals surface area contributed by atoms with Crippen molar-refractivity contribution in [1.29, 1.82) is 0 Å². The van der Waals surface area contributed by atoms with Gasteiger partial charge in [-0.3, -0.25) is 10.1 Å². The number of aromatic nitrogens is 1. The highest BCUT2D eigenvalue weighted by Gasteiger charge is 2.45. The van der Waals surface area contributed by atoms with Gasteiger partial charge in [-0.2, -0.15) is 17.6 Å². The molecule has 0 amide bonds. The fourth-order valence-corrected chi connectivity index (χ4v) is 1.13. The van der Waals surface area contributed by atoms with Crippen LogP contribution in [-0.2, 0) is 6.18 Å². The summed E-state index contributed by atoms with van der Waals surface area (Å²) < 4.78 is 74.4. The van der Waals surface area contributed by atoms with Gasteiger partial charge in [0.05, 0.1) is 10.5 Å². The Bertz CT molecular complexity index is 458. The maximum Gasteiger partial charge on any atom is 0.423 e. The minimum Gasteiger partial charge on any atom is -0.258 e. The molecule has 0 N–H and O–H groups in total.